The maximum Gasteiger partial charge on any atom is 0.401 e. The normalized spacial score (nSPS) is 14.7. The Kier molecular flexibility index (Phi) is 10.5. The van der Waals surface area contributed by atoms with Crippen LogP contribution in [0.25, 0.3) is 0 Å². The van der Waals surface area contributed by atoms with Crippen molar-refractivity contribution in [2.24, 2.45) is 12.0 Å². The molecule has 1 aromatic rings. The lowest BCUT2D eigenvalue weighted by Gasteiger charge is -2.22. The van der Waals surface area contributed by atoms with E-state index in [2.05, 4.69) is 20.7 Å². The zero-order valence-electron chi connectivity index (χ0n) is 15.5. The Balaban J connectivity index is 0.00000625. The Bertz CT molecular complexity index is 562. The number of nitrogens with one attached hydrogen (secondary N) is 2. The van der Waals surface area contributed by atoms with Crippen molar-refractivity contribution in [3.8, 4) is 0 Å². The summed E-state index contributed by atoms with van der Waals surface area (Å²) >= 11 is 0. The number of aliphatic hydroxyl groups is 1. The summed E-state index contributed by atoms with van der Waals surface area (Å²) in [5.74, 6) is 0.437. The number of likely N-dealkylation sites (N-methyl/N-ethyl adjacent to an activating group) is 1. The van der Waals surface area contributed by atoms with Crippen molar-refractivity contribution < 1.29 is 18.3 Å². The number of aryl methyl sites for hydroxylation is 1. The second kappa shape index (κ2) is 10.9. The van der Waals surface area contributed by atoms with Gasteiger partial charge < -0.3 is 15.7 Å². The van der Waals surface area contributed by atoms with E-state index in [4.69, 9.17) is 0 Å². The quantitative estimate of drug-likeness (QED) is 0.290. The van der Waals surface area contributed by atoms with E-state index in [1.807, 2.05) is 6.92 Å². The van der Waals surface area contributed by atoms with Gasteiger partial charge in [-0.15, -0.1) is 24.0 Å². The number of halogens is 4. The molecule has 0 aromatic carbocycles. The number of nitrogens with zero attached hydrogens (tertiary/aromatic N) is 4. The third-order valence-electron chi connectivity index (χ3n) is 3.45. The number of hydrogen-bond donors (Lipinski definition) is 3. The molecule has 0 fully saturated rings. The minimum absolute atomic E-state index is 0. The number of aliphatic imine (C=N–C) groups is 1. The van der Waals surface area contributed by atoms with Crippen LogP contribution in [0.1, 0.15) is 19.4 Å². The maximum absolute atomic E-state index is 12.3. The molecule has 1 unspecified atom stereocenters. The first kappa shape index (κ1) is 24.9. The predicted octanol–water partition coefficient (Wildman–Crippen LogP) is 1.29. The van der Waals surface area contributed by atoms with Gasteiger partial charge in [-0.3, -0.25) is 9.58 Å². The average Bonchev–Trinajstić information content (AvgIpc) is 2.90. The number of alkyl halides is 3. The van der Waals surface area contributed by atoms with Gasteiger partial charge in [-0.1, -0.05) is 0 Å². The molecule has 1 atom stereocenters. The molecule has 0 saturated carbocycles. The highest BCUT2D eigenvalue weighted by atomic mass is 127. The zero-order valence-corrected chi connectivity index (χ0v) is 17.8. The van der Waals surface area contributed by atoms with E-state index >= 15 is 0 Å². The average molecular weight is 492 g/mol. The number of rotatable bonds is 8. The molecule has 152 valence electrons. The molecule has 1 heterocycles. The molecule has 0 bridgehead atoms. The fraction of sp³-hybridized carbons (Fsp3) is 0.733. The second-order valence-corrected chi connectivity index (χ2v) is 6.15. The van der Waals surface area contributed by atoms with Crippen LogP contribution in [0.15, 0.2) is 17.4 Å². The van der Waals surface area contributed by atoms with Gasteiger partial charge in [0, 0.05) is 38.4 Å². The Labute approximate surface area is 169 Å². The zero-order chi connectivity index (χ0) is 19.1. The molecule has 1 aromatic heterocycles. The standard InChI is InChI=1S/C15H27F3N6O.HI/c1-5-19-13(20-6-7-23(3)11-15(16,17)18)21-10-14(2,25)12-8-22-24(4)9-12;/h8-9,25H,5-7,10-11H2,1-4H3,(H2,19,20,21);1H. The van der Waals surface area contributed by atoms with Gasteiger partial charge in [0.15, 0.2) is 5.96 Å². The van der Waals surface area contributed by atoms with Gasteiger partial charge in [0.05, 0.1) is 19.3 Å². The van der Waals surface area contributed by atoms with Crippen LogP contribution in [0.3, 0.4) is 0 Å². The van der Waals surface area contributed by atoms with Crippen molar-refractivity contribution in [3.63, 3.8) is 0 Å². The van der Waals surface area contributed by atoms with E-state index in [9.17, 15) is 18.3 Å². The summed E-state index contributed by atoms with van der Waals surface area (Å²) in [4.78, 5) is 5.49. The highest BCUT2D eigenvalue weighted by molar-refractivity contribution is 14.0. The Hall–Kier alpha value is -1.08. The molecule has 0 aliphatic heterocycles. The van der Waals surface area contributed by atoms with Crippen LogP contribution in [0, 0.1) is 0 Å². The molecule has 26 heavy (non-hydrogen) atoms. The summed E-state index contributed by atoms with van der Waals surface area (Å²) in [5.41, 5.74) is -0.552. The molecule has 0 aliphatic carbocycles. The van der Waals surface area contributed by atoms with Crippen LogP contribution in [0.5, 0.6) is 0 Å². The largest absolute Gasteiger partial charge is 0.401 e. The van der Waals surface area contributed by atoms with E-state index in [0.717, 1.165) is 0 Å². The topological polar surface area (TPSA) is 77.7 Å². The molecule has 11 heteroatoms. The molecule has 0 saturated heterocycles. The molecule has 0 aliphatic rings. The van der Waals surface area contributed by atoms with E-state index < -0.39 is 18.3 Å². The fourth-order valence-corrected chi connectivity index (χ4v) is 2.12. The summed E-state index contributed by atoms with van der Waals surface area (Å²) in [6, 6.07) is 0. The molecular formula is C15H28F3IN6O. The van der Waals surface area contributed by atoms with Gasteiger partial charge in [-0.05, 0) is 20.9 Å². The van der Waals surface area contributed by atoms with Crippen LogP contribution in [0.2, 0.25) is 0 Å². The van der Waals surface area contributed by atoms with Gasteiger partial charge in [0.2, 0.25) is 0 Å². The molecule has 0 amide bonds. The SMILES string of the molecule is CCNC(=NCC(C)(O)c1cnn(C)c1)NCCN(C)CC(F)(F)F.I. The molecular weight excluding hydrogens is 464 g/mol. The first-order chi connectivity index (χ1) is 11.5. The lowest BCUT2D eigenvalue weighted by molar-refractivity contribution is -0.142. The van der Waals surface area contributed by atoms with Crippen LogP contribution in [-0.2, 0) is 12.6 Å². The Morgan fingerprint density at radius 3 is 2.54 bits per heavy atom. The van der Waals surface area contributed by atoms with Gasteiger partial charge in [-0.2, -0.15) is 18.3 Å². The maximum atomic E-state index is 12.3. The van der Waals surface area contributed by atoms with E-state index in [1.165, 1.54) is 11.9 Å². The minimum Gasteiger partial charge on any atom is -0.383 e. The Morgan fingerprint density at radius 2 is 2.04 bits per heavy atom. The Morgan fingerprint density at radius 1 is 1.38 bits per heavy atom. The van der Waals surface area contributed by atoms with Crippen molar-refractivity contribution in [3.05, 3.63) is 18.0 Å². The van der Waals surface area contributed by atoms with Crippen LogP contribution in [-0.4, -0.2) is 71.7 Å². The van der Waals surface area contributed by atoms with Crippen molar-refractivity contribution in [2.45, 2.75) is 25.6 Å². The van der Waals surface area contributed by atoms with Gasteiger partial charge >= 0.3 is 6.18 Å². The predicted molar refractivity (Wildman–Crippen MR) is 106 cm³/mol. The van der Waals surface area contributed by atoms with E-state index in [1.54, 1.807) is 31.0 Å². The summed E-state index contributed by atoms with van der Waals surface area (Å²) in [6.45, 7) is 3.75. The van der Waals surface area contributed by atoms with Crippen molar-refractivity contribution in [1.29, 1.82) is 0 Å². The van der Waals surface area contributed by atoms with E-state index in [-0.39, 0.29) is 37.1 Å². The molecule has 0 spiro atoms. The third-order valence-corrected chi connectivity index (χ3v) is 3.45. The number of hydrogen-bond acceptors (Lipinski definition) is 4. The van der Waals surface area contributed by atoms with Crippen molar-refractivity contribution >= 4 is 29.9 Å². The van der Waals surface area contributed by atoms with Gasteiger partial charge in [0.25, 0.3) is 0 Å². The lowest BCUT2D eigenvalue weighted by Crippen LogP contribution is -2.43. The van der Waals surface area contributed by atoms with Crippen LogP contribution in [0.4, 0.5) is 13.2 Å². The lowest BCUT2D eigenvalue weighted by atomic mass is 10.0. The van der Waals surface area contributed by atoms with Gasteiger partial charge in [0.1, 0.15) is 5.60 Å². The van der Waals surface area contributed by atoms with Crippen LogP contribution >= 0.6 is 24.0 Å². The van der Waals surface area contributed by atoms with Crippen molar-refractivity contribution in [2.75, 3.05) is 39.8 Å². The monoisotopic (exact) mass is 492 g/mol. The van der Waals surface area contributed by atoms with Crippen LogP contribution < -0.4 is 10.6 Å². The minimum atomic E-state index is -4.21. The highest BCUT2D eigenvalue weighted by Crippen LogP contribution is 2.19. The summed E-state index contributed by atoms with van der Waals surface area (Å²) < 4.78 is 38.5. The molecule has 7 nitrogen and oxygen atoms in total. The summed E-state index contributed by atoms with van der Waals surface area (Å²) in [7, 11) is 3.17. The number of aromatic nitrogens is 2. The molecule has 3 N–H and O–H groups in total. The summed E-state index contributed by atoms with van der Waals surface area (Å²) in [6.07, 6.45) is -0.931. The smallest absolute Gasteiger partial charge is 0.383 e. The third kappa shape index (κ3) is 9.57. The summed E-state index contributed by atoms with van der Waals surface area (Å²) in [5, 5.41) is 20.5. The van der Waals surface area contributed by atoms with E-state index in [0.29, 0.717) is 24.6 Å². The second-order valence-electron chi connectivity index (χ2n) is 6.15. The number of guanidine groups is 1. The molecule has 0 radical (unpaired) electrons. The van der Waals surface area contributed by atoms with Gasteiger partial charge in [-0.25, -0.2) is 4.99 Å². The van der Waals surface area contributed by atoms with Crippen molar-refractivity contribution in [1.82, 2.24) is 25.3 Å². The first-order valence-electron chi connectivity index (χ1n) is 8.02. The highest BCUT2D eigenvalue weighted by Gasteiger charge is 2.29. The fourth-order valence-electron chi connectivity index (χ4n) is 2.12. The first-order valence-corrected chi connectivity index (χ1v) is 8.02. The molecule has 1 rings (SSSR count).